The Morgan fingerprint density at radius 2 is 2.00 bits per heavy atom. The quantitative estimate of drug-likeness (QED) is 0.873. The molecule has 0 radical (unpaired) electrons. The number of hydrogen-bond donors (Lipinski definition) is 2. The molecule has 5 nitrogen and oxygen atoms in total. The minimum Gasteiger partial charge on any atom is -0.265 e. The van der Waals surface area contributed by atoms with Gasteiger partial charge in [-0.05, 0) is 79.4 Å². The third-order valence-electron chi connectivity index (χ3n) is 6.35. The smallest absolute Gasteiger partial charge is 0.143 e. The first-order valence-corrected chi connectivity index (χ1v) is 9.73. The molecular weight excluding hydrogens is 324 g/mol. The van der Waals surface area contributed by atoms with Gasteiger partial charge in [0.15, 0.2) is 0 Å². The molecule has 4 fully saturated rings. The molecule has 26 heavy (non-hydrogen) atoms. The summed E-state index contributed by atoms with van der Waals surface area (Å²) in [6, 6.07) is 12.6. The zero-order valence-corrected chi connectivity index (χ0v) is 15.2. The lowest BCUT2D eigenvalue weighted by Gasteiger charge is -2.47. The molecule has 1 aromatic heterocycles. The summed E-state index contributed by atoms with van der Waals surface area (Å²) >= 11 is 0. The van der Waals surface area contributed by atoms with E-state index in [1.165, 1.54) is 43.2 Å². The van der Waals surface area contributed by atoms with Crippen LogP contribution in [0.4, 0.5) is 5.82 Å². The van der Waals surface area contributed by atoms with Crippen molar-refractivity contribution < 1.29 is 4.84 Å². The Kier molecular flexibility index (Phi) is 3.96. The Labute approximate surface area is 154 Å². The Hall–Kier alpha value is -1.95. The number of pyridine rings is 1. The van der Waals surface area contributed by atoms with E-state index >= 15 is 0 Å². The molecule has 1 aromatic carbocycles. The molecule has 2 N–H and O–H groups in total. The average molecular weight is 350 g/mol. The molecule has 2 bridgehead atoms. The molecule has 1 atom stereocenters. The highest BCUT2D eigenvalue weighted by molar-refractivity contribution is 5.66. The Morgan fingerprint density at radius 3 is 2.77 bits per heavy atom. The number of aromatic nitrogens is 1. The maximum Gasteiger partial charge on any atom is 0.143 e. The second-order valence-corrected chi connectivity index (χ2v) is 8.12. The van der Waals surface area contributed by atoms with Crippen molar-refractivity contribution in [1.29, 1.82) is 0 Å². The first kappa shape index (κ1) is 16.2. The van der Waals surface area contributed by atoms with Gasteiger partial charge in [-0.15, -0.1) is 0 Å². The first-order chi connectivity index (χ1) is 12.7. The molecule has 3 aliphatic carbocycles. The number of hydrogen-bond acceptors (Lipinski definition) is 5. The molecule has 6 rings (SSSR count). The summed E-state index contributed by atoms with van der Waals surface area (Å²) in [5.74, 6) is 2.30. The number of benzene rings is 1. The van der Waals surface area contributed by atoms with Gasteiger partial charge in [0.2, 0.25) is 0 Å². The molecule has 1 aliphatic heterocycles. The van der Waals surface area contributed by atoms with E-state index in [-0.39, 0.29) is 5.60 Å². The van der Waals surface area contributed by atoms with Crippen molar-refractivity contribution in [3.8, 4) is 11.1 Å². The van der Waals surface area contributed by atoms with Crippen LogP contribution >= 0.6 is 0 Å². The van der Waals surface area contributed by atoms with Gasteiger partial charge in [-0.1, -0.05) is 29.8 Å². The molecular formula is C21H26N4O. The van der Waals surface area contributed by atoms with Gasteiger partial charge in [-0.25, -0.2) is 10.4 Å². The van der Waals surface area contributed by atoms with E-state index < -0.39 is 0 Å². The zero-order valence-electron chi connectivity index (χ0n) is 15.2. The van der Waals surface area contributed by atoms with E-state index in [0.717, 1.165) is 23.8 Å². The second-order valence-electron chi connectivity index (χ2n) is 8.12. The maximum atomic E-state index is 6.36. The summed E-state index contributed by atoms with van der Waals surface area (Å²) in [6.45, 7) is 3.00. The number of hydrazine groups is 2. The van der Waals surface area contributed by atoms with Gasteiger partial charge in [-0.2, -0.15) is 0 Å². The van der Waals surface area contributed by atoms with Crippen LogP contribution in [-0.4, -0.2) is 22.4 Å². The van der Waals surface area contributed by atoms with Crippen LogP contribution in [0.5, 0.6) is 0 Å². The van der Waals surface area contributed by atoms with Crippen LogP contribution in [0.25, 0.3) is 11.1 Å². The fourth-order valence-electron chi connectivity index (χ4n) is 4.99. The van der Waals surface area contributed by atoms with Gasteiger partial charge in [0.1, 0.15) is 11.4 Å². The minimum atomic E-state index is -0.0255. The van der Waals surface area contributed by atoms with Crippen LogP contribution in [0.2, 0.25) is 0 Å². The molecule has 0 amide bonds. The van der Waals surface area contributed by atoms with Gasteiger partial charge in [0, 0.05) is 12.7 Å². The van der Waals surface area contributed by atoms with Crippen LogP contribution in [0, 0.1) is 18.8 Å². The van der Waals surface area contributed by atoms with Crippen LogP contribution in [0.3, 0.4) is 0 Å². The molecule has 1 spiro atoms. The summed E-state index contributed by atoms with van der Waals surface area (Å²) in [7, 11) is 0. The highest BCUT2D eigenvalue weighted by Gasteiger charge is 2.52. The number of anilines is 1. The third kappa shape index (κ3) is 2.90. The highest BCUT2D eigenvalue weighted by Crippen LogP contribution is 2.50. The molecule has 2 heterocycles. The van der Waals surface area contributed by atoms with Gasteiger partial charge >= 0.3 is 0 Å². The molecule has 2 aromatic rings. The van der Waals surface area contributed by atoms with E-state index in [4.69, 9.17) is 4.84 Å². The summed E-state index contributed by atoms with van der Waals surface area (Å²) in [5, 5.41) is 1.68. The SMILES string of the molecule is Cc1cccc(-c2ccnc(NN3NC[C@]4(CC5CCC4CC5)O3)c2)c1. The number of rotatable bonds is 3. The largest absolute Gasteiger partial charge is 0.265 e. The van der Waals surface area contributed by atoms with Gasteiger partial charge in [0.05, 0.1) is 0 Å². The maximum absolute atomic E-state index is 6.36. The topological polar surface area (TPSA) is 49.4 Å². The molecule has 0 unspecified atom stereocenters. The van der Waals surface area contributed by atoms with Gasteiger partial charge in [-0.3, -0.25) is 10.3 Å². The van der Waals surface area contributed by atoms with Crippen molar-refractivity contribution in [2.24, 2.45) is 11.8 Å². The summed E-state index contributed by atoms with van der Waals surface area (Å²) in [4.78, 5) is 10.8. The van der Waals surface area contributed by atoms with E-state index in [1.807, 2.05) is 12.3 Å². The first-order valence-electron chi connectivity index (χ1n) is 9.73. The number of fused-ring (bicyclic) bond motifs is 2. The average Bonchev–Trinajstić information content (AvgIpc) is 3.05. The molecule has 3 saturated carbocycles. The minimum absolute atomic E-state index is 0.0255. The molecule has 1 saturated heterocycles. The van der Waals surface area contributed by atoms with E-state index in [0.29, 0.717) is 5.92 Å². The van der Waals surface area contributed by atoms with E-state index in [2.05, 4.69) is 53.1 Å². The van der Waals surface area contributed by atoms with Crippen molar-refractivity contribution in [3.05, 3.63) is 48.2 Å². The second kappa shape index (κ2) is 6.34. The number of nitrogens with zero attached hydrogens (tertiary/aromatic N) is 2. The standard InChI is InChI=1S/C21H26N4O/c1-15-3-2-4-17(11-15)18-9-10-22-20(12-18)24-25-23-14-21(26-25)13-16-5-7-19(21)8-6-16/h2-4,9-12,16,19,23H,5-8,13-14H2,1H3,(H,22,24)/t16?,19?,21-/m0/s1. The van der Waals surface area contributed by atoms with Crippen LogP contribution in [0.15, 0.2) is 42.6 Å². The Balaban J connectivity index is 1.31. The van der Waals surface area contributed by atoms with Crippen LogP contribution in [-0.2, 0) is 4.84 Å². The molecule has 5 heteroatoms. The van der Waals surface area contributed by atoms with Crippen LogP contribution in [0.1, 0.15) is 37.7 Å². The summed E-state index contributed by atoms with van der Waals surface area (Å²) < 4.78 is 0. The van der Waals surface area contributed by atoms with E-state index in [1.54, 1.807) is 5.28 Å². The zero-order chi connectivity index (χ0) is 17.6. The molecule has 4 aliphatic rings. The van der Waals surface area contributed by atoms with Crippen LogP contribution < -0.4 is 10.9 Å². The Bertz CT molecular complexity index is 802. The van der Waals surface area contributed by atoms with Crippen molar-refractivity contribution >= 4 is 5.82 Å². The van der Waals surface area contributed by atoms with Crippen molar-refractivity contribution in [2.45, 2.75) is 44.6 Å². The van der Waals surface area contributed by atoms with Crippen molar-refractivity contribution in [3.63, 3.8) is 0 Å². The highest BCUT2D eigenvalue weighted by atomic mass is 16.8. The summed E-state index contributed by atoms with van der Waals surface area (Å²) in [5.41, 5.74) is 10.2. The Morgan fingerprint density at radius 1 is 1.15 bits per heavy atom. The fourth-order valence-corrected chi connectivity index (χ4v) is 4.99. The molecule has 136 valence electrons. The predicted molar refractivity (Wildman–Crippen MR) is 102 cm³/mol. The lowest BCUT2D eigenvalue weighted by Crippen LogP contribution is -2.50. The van der Waals surface area contributed by atoms with Crippen molar-refractivity contribution in [1.82, 2.24) is 15.7 Å². The van der Waals surface area contributed by atoms with Crippen molar-refractivity contribution in [2.75, 3.05) is 12.0 Å². The fraction of sp³-hybridized carbons (Fsp3) is 0.476. The summed E-state index contributed by atoms with van der Waals surface area (Å²) in [6.07, 6.45) is 8.39. The lowest BCUT2D eigenvalue weighted by atomic mass is 9.62. The lowest BCUT2D eigenvalue weighted by molar-refractivity contribution is -0.235. The monoisotopic (exact) mass is 350 g/mol. The predicted octanol–water partition coefficient (Wildman–Crippen LogP) is 4.08. The normalized spacial score (nSPS) is 30.8. The number of nitrogens with one attached hydrogen (secondary N) is 2. The number of aryl methyl sites for hydroxylation is 1. The van der Waals surface area contributed by atoms with Gasteiger partial charge < -0.3 is 0 Å². The van der Waals surface area contributed by atoms with E-state index in [9.17, 15) is 0 Å². The van der Waals surface area contributed by atoms with Gasteiger partial charge in [0.25, 0.3) is 0 Å². The third-order valence-corrected chi connectivity index (χ3v) is 6.35.